The summed E-state index contributed by atoms with van der Waals surface area (Å²) in [5, 5.41) is 5.71. The lowest BCUT2D eigenvalue weighted by atomic mass is 10.1. The minimum Gasteiger partial charge on any atom is -0.495 e. The molecule has 3 aromatic rings. The zero-order valence-electron chi connectivity index (χ0n) is 22.9. The predicted octanol–water partition coefficient (Wildman–Crippen LogP) is 4.90. The van der Waals surface area contributed by atoms with Crippen LogP contribution in [0.1, 0.15) is 37.3 Å². The molecule has 0 aromatic heterocycles. The number of nitrogens with zero attached hydrogens (tertiary/aromatic N) is 3. The van der Waals surface area contributed by atoms with Crippen LogP contribution in [0.5, 0.6) is 5.75 Å². The van der Waals surface area contributed by atoms with Gasteiger partial charge in [0.05, 0.1) is 23.7 Å². The van der Waals surface area contributed by atoms with E-state index in [1.165, 1.54) is 16.7 Å². The molecule has 2 heterocycles. The summed E-state index contributed by atoms with van der Waals surface area (Å²) in [7, 11) is 1.55. The quantitative estimate of drug-likeness (QED) is 0.361. The predicted molar refractivity (Wildman–Crippen MR) is 162 cm³/mol. The third kappa shape index (κ3) is 6.33. The van der Waals surface area contributed by atoms with Crippen molar-refractivity contribution >= 4 is 51.9 Å². The molecule has 9 nitrogen and oxygen atoms in total. The van der Waals surface area contributed by atoms with Crippen molar-refractivity contribution in [2.45, 2.75) is 44.0 Å². The summed E-state index contributed by atoms with van der Waals surface area (Å²) in [5.41, 5.74) is 3.00. The number of carbonyl (C=O) groups excluding carboxylic acids is 3. The van der Waals surface area contributed by atoms with Crippen molar-refractivity contribution in [1.82, 2.24) is 10.2 Å². The molecular weight excluding hydrogens is 538 g/mol. The van der Waals surface area contributed by atoms with E-state index in [1.807, 2.05) is 73.7 Å². The number of anilines is 1. The first-order valence-electron chi connectivity index (χ1n) is 13.5. The van der Waals surface area contributed by atoms with Gasteiger partial charge in [-0.2, -0.15) is 0 Å². The minimum atomic E-state index is -0.716. The zero-order valence-corrected chi connectivity index (χ0v) is 23.7. The molecule has 3 aromatic carbocycles. The van der Waals surface area contributed by atoms with Crippen molar-refractivity contribution < 1.29 is 19.1 Å². The molecule has 2 aliphatic rings. The van der Waals surface area contributed by atoms with Crippen LogP contribution in [0.3, 0.4) is 0 Å². The number of benzene rings is 3. The number of rotatable bonds is 10. The average Bonchev–Trinajstić information content (AvgIpc) is 3.34. The summed E-state index contributed by atoms with van der Waals surface area (Å²) < 4.78 is 5.37. The highest BCUT2D eigenvalue weighted by atomic mass is 32.2. The fourth-order valence-electron chi connectivity index (χ4n) is 4.63. The summed E-state index contributed by atoms with van der Waals surface area (Å²) >= 11 is 1.22. The lowest BCUT2D eigenvalue weighted by molar-refractivity contribution is -0.125. The molecule has 10 heteroatoms. The first-order chi connectivity index (χ1) is 20.0. The van der Waals surface area contributed by atoms with E-state index in [9.17, 15) is 14.4 Å². The molecular formula is C31H31N5O4S. The SMILES string of the molecule is CC[C@H](SC1=Nc2ccccc2C2=N[C@@H](CCC(=O)NCc3ccccc3)C(=O)N12)C(=O)Nc1ccccc1OC. The van der Waals surface area contributed by atoms with Gasteiger partial charge in [-0.3, -0.25) is 19.4 Å². The van der Waals surface area contributed by atoms with Gasteiger partial charge in [-0.15, -0.1) is 0 Å². The van der Waals surface area contributed by atoms with E-state index in [2.05, 4.69) is 10.6 Å². The molecule has 0 unspecified atom stereocenters. The fourth-order valence-corrected chi connectivity index (χ4v) is 5.65. The third-order valence-electron chi connectivity index (χ3n) is 6.80. The monoisotopic (exact) mass is 569 g/mol. The maximum Gasteiger partial charge on any atom is 0.259 e. The minimum absolute atomic E-state index is 0.144. The van der Waals surface area contributed by atoms with E-state index in [1.54, 1.807) is 19.2 Å². The van der Waals surface area contributed by atoms with Gasteiger partial charge < -0.3 is 15.4 Å². The molecule has 0 radical (unpaired) electrons. The Labute approximate surface area is 243 Å². The van der Waals surface area contributed by atoms with Crippen molar-refractivity contribution in [3.8, 4) is 5.75 Å². The molecule has 0 spiro atoms. The molecule has 2 N–H and O–H groups in total. The Morgan fingerprint density at radius 1 is 1.02 bits per heavy atom. The standard InChI is InChI=1S/C31H31N5O4S/c1-3-26(29(38)34-23-15-9-10-16-25(23)40-2)41-31-35-22-14-8-7-13-21(22)28-33-24(30(39)36(28)31)17-18-27(37)32-19-20-11-5-4-6-12-20/h4-16,24,26H,3,17-19H2,1-2H3,(H,32,37)(H,34,38)/t24-,26-/m0/s1. The third-order valence-corrected chi connectivity index (χ3v) is 8.12. The van der Waals surface area contributed by atoms with Crippen LogP contribution in [0.15, 0.2) is 88.8 Å². The number of para-hydroxylation sites is 3. The summed E-state index contributed by atoms with van der Waals surface area (Å²) in [6, 6.07) is 23.6. The average molecular weight is 570 g/mol. The van der Waals surface area contributed by atoms with Crippen LogP contribution in [0.25, 0.3) is 0 Å². The maximum absolute atomic E-state index is 13.6. The van der Waals surface area contributed by atoms with E-state index >= 15 is 0 Å². The van der Waals surface area contributed by atoms with Crippen LogP contribution < -0.4 is 15.4 Å². The number of amidine groups is 2. The largest absolute Gasteiger partial charge is 0.495 e. The summed E-state index contributed by atoms with van der Waals surface area (Å²) in [5.74, 6) is 0.439. The lowest BCUT2D eigenvalue weighted by Gasteiger charge is -2.27. The van der Waals surface area contributed by atoms with Crippen molar-refractivity contribution in [1.29, 1.82) is 0 Å². The normalized spacial score (nSPS) is 16.2. The molecule has 0 fully saturated rings. The number of hydrogen-bond acceptors (Lipinski definition) is 7. The van der Waals surface area contributed by atoms with Crippen LogP contribution in [0.2, 0.25) is 0 Å². The van der Waals surface area contributed by atoms with Gasteiger partial charge in [0.2, 0.25) is 11.8 Å². The number of nitrogens with one attached hydrogen (secondary N) is 2. The Balaban J connectivity index is 1.30. The van der Waals surface area contributed by atoms with Crippen LogP contribution in [-0.2, 0) is 20.9 Å². The highest BCUT2D eigenvalue weighted by Gasteiger charge is 2.42. The second-order valence-electron chi connectivity index (χ2n) is 9.56. The number of amides is 3. The molecule has 0 saturated heterocycles. The Morgan fingerprint density at radius 2 is 1.76 bits per heavy atom. The first kappa shape index (κ1) is 28.1. The van der Waals surface area contributed by atoms with E-state index < -0.39 is 11.3 Å². The van der Waals surface area contributed by atoms with E-state index in [0.29, 0.717) is 41.1 Å². The maximum atomic E-state index is 13.6. The van der Waals surface area contributed by atoms with Crippen molar-refractivity contribution in [2.75, 3.05) is 12.4 Å². The van der Waals surface area contributed by atoms with Crippen molar-refractivity contribution in [3.63, 3.8) is 0 Å². The lowest BCUT2D eigenvalue weighted by Crippen LogP contribution is -2.42. The van der Waals surface area contributed by atoms with Gasteiger partial charge in [0.15, 0.2) is 5.17 Å². The smallest absolute Gasteiger partial charge is 0.259 e. The van der Waals surface area contributed by atoms with Gasteiger partial charge in [-0.25, -0.2) is 9.89 Å². The van der Waals surface area contributed by atoms with Crippen LogP contribution in [-0.4, -0.2) is 52.0 Å². The van der Waals surface area contributed by atoms with Gasteiger partial charge in [-0.05, 0) is 42.7 Å². The second kappa shape index (κ2) is 12.8. The molecule has 0 bridgehead atoms. The van der Waals surface area contributed by atoms with Gasteiger partial charge in [0, 0.05) is 18.5 Å². The van der Waals surface area contributed by atoms with E-state index in [4.69, 9.17) is 14.7 Å². The molecule has 210 valence electrons. The molecule has 0 saturated carbocycles. The number of carbonyl (C=O) groups is 3. The van der Waals surface area contributed by atoms with Gasteiger partial charge in [-0.1, -0.05) is 73.3 Å². The van der Waals surface area contributed by atoms with E-state index in [-0.39, 0.29) is 30.6 Å². The number of methoxy groups -OCH3 is 1. The van der Waals surface area contributed by atoms with Gasteiger partial charge >= 0.3 is 0 Å². The highest BCUT2D eigenvalue weighted by Crippen LogP contribution is 2.36. The number of hydrogen-bond donors (Lipinski definition) is 2. The van der Waals surface area contributed by atoms with Crippen LogP contribution in [0, 0.1) is 0 Å². The van der Waals surface area contributed by atoms with Crippen molar-refractivity contribution in [3.05, 3.63) is 90.0 Å². The molecule has 41 heavy (non-hydrogen) atoms. The van der Waals surface area contributed by atoms with Crippen LogP contribution >= 0.6 is 11.8 Å². The molecule has 2 aliphatic heterocycles. The molecule has 2 atom stereocenters. The molecule has 5 rings (SSSR count). The summed E-state index contributed by atoms with van der Waals surface area (Å²) in [6.45, 7) is 2.34. The Bertz CT molecular complexity index is 1510. The van der Waals surface area contributed by atoms with Gasteiger partial charge in [0.25, 0.3) is 5.91 Å². The van der Waals surface area contributed by atoms with Crippen molar-refractivity contribution in [2.24, 2.45) is 9.98 Å². The van der Waals surface area contributed by atoms with Crippen LogP contribution in [0.4, 0.5) is 11.4 Å². The number of fused-ring (bicyclic) bond motifs is 3. The number of aliphatic imine (C=N–C) groups is 2. The molecule has 0 aliphatic carbocycles. The second-order valence-corrected chi connectivity index (χ2v) is 10.7. The first-order valence-corrected chi connectivity index (χ1v) is 14.4. The van der Waals surface area contributed by atoms with Gasteiger partial charge in [0.1, 0.15) is 17.6 Å². The topological polar surface area (TPSA) is 112 Å². The number of thioether (sulfide) groups is 1. The summed E-state index contributed by atoms with van der Waals surface area (Å²) in [6.07, 6.45) is 0.935. The fraction of sp³-hybridized carbons (Fsp3) is 0.258. The number of ether oxygens (including phenoxy) is 1. The molecule has 3 amide bonds. The Kier molecular flexibility index (Phi) is 8.79. The Hall–Kier alpha value is -4.44. The summed E-state index contributed by atoms with van der Waals surface area (Å²) in [4.78, 5) is 50.5. The zero-order chi connectivity index (χ0) is 28.8. The Morgan fingerprint density at radius 3 is 2.54 bits per heavy atom. The van der Waals surface area contributed by atoms with E-state index in [0.717, 1.165) is 11.1 Å². The highest BCUT2D eigenvalue weighted by molar-refractivity contribution is 8.15.